The fourth-order valence-corrected chi connectivity index (χ4v) is 1.62. The molecule has 2 rings (SSSR count). The van der Waals surface area contributed by atoms with E-state index < -0.39 is 0 Å². The van der Waals surface area contributed by atoms with E-state index in [-0.39, 0.29) is 5.91 Å². The summed E-state index contributed by atoms with van der Waals surface area (Å²) in [5.41, 5.74) is 13.6. The van der Waals surface area contributed by atoms with Crippen molar-refractivity contribution in [1.29, 1.82) is 0 Å². The number of hydrogen-bond donors (Lipinski definition) is 3. The SMILES string of the molecule is COc1cc(C(=O)Nc2ccc(N)cc2)ccc1N. The van der Waals surface area contributed by atoms with Crippen molar-refractivity contribution in [1.82, 2.24) is 0 Å². The fourth-order valence-electron chi connectivity index (χ4n) is 1.62. The molecule has 19 heavy (non-hydrogen) atoms. The number of benzene rings is 2. The van der Waals surface area contributed by atoms with Crippen LogP contribution in [-0.4, -0.2) is 13.0 Å². The molecule has 0 radical (unpaired) electrons. The highest BCUT2D eigenvalue weighted by molar-refractivity contribution is 6.04. The van der Waals surface area contributed by atoms with Crippen LogP contribution < -0.4 is 21.5 Å². The molecule has 0 unspecified atom stereocenters. The minimum absolute atomic E-state index is 0.233. The topological polar surface area (TPSA) is 90.4 Å². The van der Waals surface area contributed by atoms with Gasteiger partial charge < -0.3 is 21.5 Å². The summed E-state index contributed by atoms with van der Waals surface area (Å²) in [6, 6.07) is 11.8. The van der Waals surface area contributed by atoms with E-state index in [0.29, 0.717) is 28.4 Å². The molecule has 0 heterocycles. The maximum Gasteiger partial charge on any atom is 0.255 e. The Bertz CT molecular complexity index is 594. The van der Waals surface area contributed by atoms with Crippen molar-refractivity contribution < 1.29 is 9.53 Å². The number of carbonyl (C=O) groups is 1. The lowest BCUT2D eigenvalue weighted by atomic mass is 10.1. The van der Waals surface area contributed by atoms with Gasteiger partial charge in [-0.1, -0.05) is 0 Å². The molecule has 0 fully saturated rings. The summed E-state index contributed by atoms with van der Waals surface area (Å²) in [5, 5.41) is 2.77. The average Bonchev–Trinajstić information content (AvgIpc) is 2.42. The first-order valence-corrected chi connectivity index (χ1v) is 5.70. The molecule has 0 atom stereocenters. The van der Waals surface area contributed by atoms with Crippen molar-refractivity contribution in [3.63, 3.8) is 0 Å². The predicted octanol–water partition coefficient (Wildman–Crippen LogP) is 2.11. The third-order valence-corrected chi connectivity index (χ3v) is 2.66. The summed E-state index contributed by atoms with van der Waals surface area (Å²) >= 11 is 0. The van der Waals surface area contributed by atoms with Gasteiger partial charge in [-0.25, -0.2) is 0 Å². The number of nitrogen functional groups attached to an aromatic ring is 2. The Morgan fingerprint density at radius 1 is 1.11 bits per heavy atom. The van der Waals surface area contributed by atoms with Crippen molar-refractivity contribution in [2.24, 2.45) is 0 Å². The zero-order chi connectivity index (χ0) is 13.8. The van der Waals surface area contributed by atoms with E-state index in [1.807, 2.05) is 0 Å². The van der Waals surface area contributed by atoms with Crippen LogP contribution in [0.4, 0.5) is 17.1 Å². The maximum absolute atomic E-state index is 12.0. The zero-order valence-electron chi connectivity index (χ0n) is 10.5. The van der Waals surface area contributed by atoms with E-state index in [4.69, 9.17) is 16.2 Å². The lowest BCUT2D eigenvalue weighted by Gasteiger charge is -2.08. The van der Waals surface area contributed by atoms with E-state index in [9.17, 15) is 4.79 Å². The van der Waals surface area contributed by atoms with Crippen molar-refractivity contribution in [2.75, 3.05) is 23.9 Å². The van der Waals surface area contributed by atoms with Gasteiger partial charge in [0.05, 0.1) is 12.8 Å². The maximum atomic E-state index is 12.0. The Morgan fingerprint density at radius 3 is 2.42 bits per heavy atom. The highest BCUT2D eigenvalue weighted by Gasteiger charge is 2.09. The molecular formula is C14H15N3O2. The molecule has 0 saturated heterocycles. The highest BCUT2D eigenvalue weighted by Crippen LogP contribution is 2.22. The van der Waals surface area contributed by atoms with Gasteiger partial charge in [-0.2, -0.15) is 0 Å². The van der Waals surface area contributed by atoms with E-state index in [2.05, 4.69) is 5.32 Å². The average molecular weight is 257 g/mol. The molecular weight excluding hydrogens is 242 g/mol. The van der Waals surface area contributed by atoms with E-state index in [1.165, 1.54) is 7.11 Å². The number of nitrogens with one attached hydrogen (secondary N) is 1. The first-order chi connectivity index (χ1) is 9.10. The number of amides is 1. The van der Waals surface area contributed by atoms with Gasteiger partial charge in [0.2, 0.25) is 0 Å². The second-order valence-electron chi connectivity index (χ2n) is 4.03. The summed E-state index contributed by atoms with van der Waals surface area (Å²) in [6.45, 7) is 0. The van der Waals surface area contributed by atoms with Crippen LogP contribution in [0.15, 0.2) is 42.5 Å². The van der Waals surface area contributed by atoms with Crippen LogP contribution >= 0.6 is 0 Å². The number of ether oxygens (including phenoxy) is 1. The Morgan fingerprint density at radius 2 is 1.79 bits per heavy atom. The number of carbonyl (C=O) groups excluding carboxylic acids is 1. The van der Waals surface area contributed by atoms with Gasteiger partial charge in [0, 0.05) is 16.9 Å². The molecule has 0 aliphatic heterocycles. The molecule has 0 aliphatic carbocycles. The van der Waals surface area contributed by atoms with E-state index in [1.54, 1.807) is 42.5 Å². The number of methoxy groups -OCH3 is 1. The largest absolute Gasteiger partial charge is 0.495 e. The molecule has 2 aromatic carbocycles. The summed E-state index contributed by atoms with van der Waals surface area (Å²) in [5.74, 6) is 0.244. The molecule has 5 heteroatoms. The van der Waals surface area contributed by atoms with Crippen LogP contribution in [0.5, 0.6) is 5.75 Å². The monoisotopic (exact) mass is 257 g/mol. The third kappa shape index (κ3) is 2.95. The molecule has 5 N–H and O–H groups in total. The van der Waals surface area contributed by atoms with E-state index in [0.717, 1.165) is 0 Å². The van der Waals surface area contributed by atoms with Crippen molar-refractivity contribution in [2.45, 2.75) is 0 Å². The molecule has 1 amide bonds. The second-order valence-corrected chi connectivity index (χ2v) is 4.03. The Balaban J connectivity index is 2.18. The van der Waals surface area contributed by atoms with Crippen molar-refractivity contribution >= 4 is 23.0 Å². The molecule has 0 aliphatic rings. The van der Waals surface area contributed by atoms with Gasteiger partial charge in [0.1, 0.15) is 5.75 Å². The van der Waals surface area contributed by atoms with Gasteiger partial charge in [-0.3, -0.25) is 4.79 Å². The minimum Gasteiger partial charge on any atom is -0.495 e. The van der Waals surface area contributed by atoms with Crippen LogP contribution in [0, 0.1) is 0 Å². The minimum atomic E-state index is -0.233. The van der Waals surface area contributed by atoms with Crippen LogP contribution in [0.25, 0.3) is 0 Å². The Kier molecular flexibility index (Phi) is 3.56. The molecule has 0 aromatic heterocycles. The normalized spacial score (nSPS) is 9.95. The predicted molar refractivity (Wildman–Crippen MR) is 76.2 cm³/mol. The quantitative estimate of drug-likeness (QED) is 0.734. The van der Waals surface area contributed by atoms with Gasteiger partial charge >= 0.3 is 0 Å². The van der Waals surface area contributed by atoms with Gasteiger partial charge in [0.15, 0.2) is 0 Å². The lowest BCUT2D eigenvalue weighted by molar-refractivity contribution is 0.102. The van der Waals surface area contributed by atoms with Gasteiger partial charge in [-0.05, 0) is 42.5 Å². The van der Waals surface area contributed by atoms with Crippen LogP contribution in [-0.2, 0) is 0 Å². The molecule has 0 spiro atoms. The van der Waals surface area contributed by atoms with Gasteiger partial charge in [-0.15, -0.1) is 0 Å². The number of anilines is 3. The fraction of sp³-hybridized carbons (Fsp3) is 0.0714. The summed E-state index contributed by atoms with van der Waals surface area (Å²) in [4.78, 5) is 12.0. The zero-order valence-corrected chi connectivity index (χ0v) is 10.5. The Labute approximate surface area is 111 Å². The van der Waals surface area contributed by atoms with Crippen molar-refractivity contribution in [3.05, 3.63) is 48.0 Å². The standard InChI is InChI=1S/C14H15N3O2/c1-19-13-8-9(2-7-12(13)16)14(18)17-11-5-3-10(15)4-6-11/h2-8H,15-16H2,1H3,(H,17,18). The van der Waals surface area contributed by atoms with Gasteiger partial charge in [0.25, 0.3) is 5.91 Å². The van der Waals surface area contributed by atoms with Crippen LogP contribution in [0.3, 0.4) is 0 Å². The molecule has 5 nitrogen and oxygen atoms in total. The number of hydrogen-bond acceptors (Lipinski definition) is 4. The molecule has 0 bridgehead atoms. The molecule has 98 valence electrons. The lowest BCUT2D eigenvalue weighted by Crippen LogP contribution is -2.12. The third-order valence-electron chi connectivity index (χ3n) is 2.66. The summed E-state index contributed by atoms with van der Waals surface area (Å²) in [7, 11) is 1.51. The molecule has 0 saturated carbocycles. The first-order valence-electron chi connectivity index (χ1n) is 5.70. The first kappa shape index (κ1) is 12.8. The van der Waals surface area contributed by atoms with Crippen molar-refractivity contribution in [3.8, 4) is 5.75 Å². The molecule has 2 aromatic rings. The Hall–Kier alpha value is -2.69. The van der Waals surface area contributed by atoms with E-state index >= 15 is 0 Å². The summed E-state index contributed by atoms with van der Waals surface area (Å²) < 4.78 is 5.08. The smallest absolute Gasteiger partial charge is 0.255 e. The number of rotatable bonds is 3. The number of nitrogens with two attached hydrogens (primary N) is 2. The second kappa shape index (κ2) is 5.30. The van der Waals surface area contributed by atoms with Crippen LogP contribution in [0.2, 0.25) is 0 Å². The summed E-state index contributed by atoms with van der Waals surface area (Å²) in [6.07, 6.45) is 0. The van der Waals surface area contributed by atoms with Crippen LogP contribution in [0.1, 0.15) is 10.4 Å². The highest BCUT2D eigenvalue weighted by atomic mass is 16.5.